The molecular formula is C26H37BrN2O3. The number of fused-ring (bicyclic) bond motifs is 1. The largest absolute Gasteiger partial charge is 0.483 e. The Kier molecular flexibility index (Phi) is 12.8. The Labute approximate surface area is 200 Å². The first-order valence-corrected chi connectivity index (χ1v) is 12.8. The van der Waals surface area contributed by atoms with E-state index in [1.54, 1.807) is 0 Å². The number of halogens is 1. The maximum atomic E-state index is 12.0. The van der Waals surface area contributed by atoms with Gasteiger partial charge in [0.05, 0.1) is 4.47 Å². The highest BCUT2D eigenvalue weighted by atomic mass is 79.9. The van der Waals surface area contributed by atoms with Crippen LogP contribution in [0, 0.1) is 0 Å². The third-order valence-electron chi connectivity index (χ3n) is 5.54. The van der Waals surface area contributed by atoms with Crippen LogP contribution in [-0.4, -0.2) is 18.4 Å². The molecule has 2 N–H and O–H groups in total. The van der Waals surface area contributed by atoms with Crippen molar-refractivity contribution in [3.05, 3.63) is 40.9 Å². The number of benzene rings is 2. The number of unbranched alkanes of at least 4 members (excludes halogenated alkanes) is 10. The van der Waals surface area contributed by atoms with Gasteiger partial charge in [0.2, 0.25) is 5.91 Å². The monoisotopic (exact) mass is 504 g/mol. The topological polar surface area (TPSA) is 67.4 Å². The fourth-order valence-corrected chi connectivity index (χ4v) is 4.26. The first-order valence-electron chi connectivity index (χ1n) is 12.0. The van der Waals surface area contributed by atoms with E-state index in [0.717, 1.165) is 28.1 Å². The molecule has 0 aliphatic rings. The van der Waals surface area contributed by atoms with Gasteiger partial charge in [-0.3, -0.25) is 20.4 Å². The predicted molar refractivity (Wildman–Crippen MR) is 135 cm³/mol. The molecule has 32 heavy (non-hydrogen) atoms. The zero-order chi connectivity index (χ0) is 23.0. The number of amides is 2. The second kappa shape index (κ2) is 15.7. The number of hydrogen-bond acceptors (Lipinski definition) is 3. The quantitative estimate of drug-likeness (QED) is 0.206. The first kappa shape index (κ1) is 26.2. The molecule has 0 aliphatic carbocycles. The van der Waals surface area contributed by atoms with Gasteiger partial charge in [0, 0.05) is 6.42 Å². The summed E-state index contributed by atoms with van der Waals surface area (Å²) in [6.45, 7) is 2.07. The number of nitrogens with one attached hydrogen (secondary N) is 2. The van der Waals surface area contributed by atoms with Crippen molar-refractivity contribution in [1.82, 2.24) is 10.9 Å². The van der Waals surface area contributed by atoms with E-state index in [0.29, 0.717) is 12.2 Å². The highest BCUT2D eigenvalue weighted by molar-refractivity contribution is 9.10. The summed E-state index contributed by atoms with van der Waals surface area (Å²) in [5.74, 6) is 0.0321. The zero-order valence-electron chi connectivity index (χ0n) is 19.3. The molecule has 0 saturated carbocycles. The number of hydrazine groups is 1. The van der Waals surface area contributed by atoms with E-state index in [1.165, 1.54) is 57.8 Å². The molecule has 0 atom stereocenters. The van der Waals surface area contributed by atoms with E-state index in [4.69, 9.17) is 4.74 Å². The predicted octanol–water partition coefficient (Wildman–Crippen LogP) is 6.83. The van der Waals surface area contributed by atoms with Gasteiger partial charge in [0.1, 0.15) is 5.75 Å². The van der Waals surface area contributed by atoms with E-state index in [9.17, 15) is 9.59 Å². The average Bonchev–Trinajstić information content (AvgIpc) is 2.81. The molecular weight excluding hydrogens is 468 g/mol. The van der Waals surface area contributed by atoms with Gasteiger partial charge in [-0.1, -0.05) is 101 Å². The third-order valence-corrected chi connectivity index (χ3v) is 6.35. The van der Waals surface area contributed by atoms with Crippen LogP contribution in [0.3, 0.4) is 0 Å². The number of hydrogen-bond donors (Lipinski definition) is 2. The maximum absolute atomic E-state index is 12.0. The van der Waals surface area contributed by atoms with Crippen molar-refractivity contribution < 1.29 is 14.3 Å². The van der Waals surface area contributed by atoms with Crippen LogP contribution in [0.5, 0.6) is 5.75 Å². The Morgan fingerprint density at radius 3 is 2.06 bits per heavy atom. The van der Waals surface area contributed by atoms with Crippen LogP contribution in [0.25, 0.3) is 10.8 Å². The minimum absolute atomic E-state index is 0.166. The lowest BCUT2D eigenvalue weighted by Gasteiger charge is -2.11. The normalized spacial score (nSPS) is 10.8. The summed E-state index contributed by atoms with van der Waals surface area (Å²) in [6.07, 6.45) is 14.1. The average molecular weight is 505 g/mol. The second-order valence-electron chi connectivity index (χ2n) is 8.27. The SMILES string of the molecule is CCCCCCCCCCCCCC(=O)NNC(=O)COc1ccc2ccccc2c1Br. The smallest absolute Gasteiger partial charge is 0.276 e. The zero-order valence-corrected chi connectivity index (χ0v) is 20.8. The molecule has 6 heteroatoms. The number of carbonyl (C=O) groups is 2. The summed E-state index contributed by atoms with van der Waals surface area (Å²) in [5, 5.41) is 2.11. The molecule has 5 nitrogen and oxygen atoms in total. The van der Waals surface area contributed by atoms with E-state index >= 15 is 0 Å². The molecule has 0 aromatic heterocycles. The lowest BCUT2D eigenvalue weighted by molar-refractivity contribution is -0.130. The van der Waals surface area contributed by atoms with Crippen molar-refractivity contribution in [2.75, 3.05) is 6.61 Å². The fraction of sp³-hybridized carbons (Fsp3) is 0.538. The van der Waals surface area contributed by atoms with Crippen molar-refractivity contribution in [3.8, 4) is 5.75 Å². The highest BCUT2D eigenvalue weighted by Gasteiger charge is 2.09. The maximum Gasteiger partial charge on any atom is 0.276 e. The van der Waals surface area contributed by atoms with Gasteiger partial charge in [-0.2, -0.15) is 0 Å². The van der Waals surface area contributed by atoms with Gasteiger partial charge >= 0.3 is 0 Å². The van der Waals surface area contributed by atoms with Crippen LogP contribution in [0.15, 0.2) is 40.9 Å². The molecule has 0 spiro atoms. The van der Waals surface area contributed by atoms with Gasteiger partial charge in [0.25, 0.3) is 5.91 Å². The van der Waals surface area contributed by atoms with Crippen LogP contribution in [0.2, 0.25) is 0 Å². The molecule has 2 rings (SSSR count). The molecule has 0 fully saturated rings. The van der Waals surface area contributed by atoms with Crippen molar-refractivity contribution in [2.45, 2.75) is 84.0 Å². The summed E-state index contributed by atoms with van der Waals surface area (Å²) in [5.41, 5.74) is 4.89. The minimum Gasteiger partial charge on any atom is -0.483 e. The highest BCUT2D eigenvalue weighted by Crippen LogP contribution is 2.32. The van der Waals surface area contributed by atoms with Crippen molar-refractivity contribution in [1.29, 1.82) is 0 Å². The standard InChI is InChI=1S/C26H37BrN2O3/c1-2-3-4-5-6-7-8-9-10-11-12-17-24(30)28-29-25(31)20-32-23-19-18-21-15-13-14-16-22(21)26(23)27/h13-16,18-19H,2-12,17,20H2,1H3,(H,28,30)(H,29,31). The minimum atomic E-state index is -0.391. The van der Waals surface area contributed by atoms with Crippen molar-refractivity contribution in [3.63, 3.8) is 0 Å². The Morgan fingerprint density at radius 1 is 0.781 bits per heavy atom. The fourth-order valence-electron chi connectivity index (χ4n) is 3.66. The van der Waals surface area contributed by atoms with Gasteiger partial charge in [0.15, 0.2) is 6.61 Å². The van der Waals surface area contributed by atoms with E-state index in [1.807, 2.05) is 36.4 Å². The number of ether oxygens (including phenoxy) is 1. The third kappa shape index (κ3) is 10.0. The number of carbonyl (C=O) groups excluding carboxylic acids is 2. The van der Waals surface area contributed by atoms with Gasteiger partial charge in [-0.15, -0.1) is 0 Å². The van der Waals surface area contributed by atoms with Crippen LogP contribution in [0.1, 0.15) is 84.0 Å². The Hall–Kier alpha value is -2.08. The summed E-state index contributed by atoms with van der Waals surface area (Å²) in [6, 6.07) is 11.7. The summed E-state index contributed by atoms with van der Waals surface area (Å²) in [7, 11) is 0. The molecule has 0 unspecified atom stereocenters. The molecule has 0 bridgehead atoms. The molecule has 0 saturated heterocycles. The second-order valence-corrected chi connectivity index (χ2v) is 9.06. The molecule has 0 radical (unpaired) electrons. The van der Waals surface area contributed by atoms with Crippen LogP contribution in [0.4, 0.5) is 0 Å². The molecule has 0 aliphatic heterocycles. The van der Waals surface area contributed by atoms with Crippen molar-refractivity contribution in [2.24, 2.45) is 0 Å². The van der Waals surface area contributed by atoms with Crippen LogP contribution < -0.4 is 15.6 Å². The van der Waals surface area contributed by atoms with Crippen LogP contribution >= 0.6 is 15.9 Å². The lowest BCUT2D eigenvalue weighted by atomic mass is 10.1. The summed E-state index contributed by atoms with van der Waals surface area (Å²) < 4.78 is 6.41. The van der Waals surface area contributed by atoms with E-state index in [2.05, 4.69) is 33.7 Å². The Bertz CT molecular complexity index is 841. The molecule has 176 valence electrons. The van der Waals surface area contributed by atoms with E-state index in [-0.39, 0.29) is 12.5 Å². The van der Waals surface area contributed by atoms with Gasteiger partial charge in [-0.05, 0) is 39.2 Å². The Morgan fingerprint density at radius 2 is 1.38 bits per heavy atom. The van der Waals surface area contributed by atoms with Gasteiger partial charge < -0.3 is 4.74 Å². The van der Waals surface area contributed by atoms with Crippen LogP contribution in [-0.2, 0) is 9.59 Å². The lowest BCUT2D eigenvalue weighted by Crippen LogP contribution is -2.43. The first-order chi connectivity index (χ1) is 15.6. The molecule has 2 amide bonds. The van der Waals surface area contributed by atoms with Crippen molar-refractivity contribution >= 4 is 38.5 Å². The van der Waals surface area contributed by atoms with Gasteiger partial charge in [-0.25, -0.2) is 0 Å². The molecule has 2 aromatic carbocycles. The molecule has 2 aromatic rings. The molecule has 0 heterocycles. The summed E-state index contributed by atoms with van der Waals surface area (Å²) >= 11 is 3.54. The number of rotatable bonds is 15. The van der Waals surface area contributed by atoms with E-state index < -0.39 is 5.91 Å². The Balaban J connectivity index is 1.50. The summed E-state index contributed by atoms with van der Waals surface area (Å²) in [4.78, 5) is 23.9.